The summed E-state index contributed by atoms with van der Waals surface area (Å²) in [5.74, 6) is 2.54. The maximum atomic E-state index is 6.47. The van der Waals surface area contributed by atoms with Gasteiger partial charge in [-0.1, -0.05) is 90.9 Å². The third-order valence-corrected chi connectivity index (χ3v) is 6.83. The fourth-order valence-corrected chi connectivity index (χ4v) is 4.78. The van der Waals surface area contributed by atoms with Crippen molar-refractivity contribution in [3.63, 3.8) is 0 Å². The maximum Gasteiger partial charge on any atom is 0.175 e. The summed E-state index contributed by atoms with van der Waals surface area (Å²) < 4.78 is 0. The van der Waals surface area contributed by atoms with Crippen LogP contribution >= 0.6 is 10.7 Å². The molecule has 0 aliphatic carbocycles. The van der Waals surface area contributed by atoms with Gasteiger partial charge in [-0.2, -0.15) is 0 Å². The Balaban J connectivity index is 3.11. The third kappa shape index (κ3) is 18.7. The van der Waals surface area contributed by atoms with Gasteiger partial charge in [0, 0.05) is 0 Å². The van der Waals surface area contributed by atoms with E-state index < -0.39 is 0 Å². The van der Waals surface area contributed by atoms with E-state index in [0.717, 1.165) is 0 Å². The normalized spacial score (nSPS) is 11.5. The molecule has 0 nitrogen and oxygen atoms in total. The molecule has 2 heteroatoms. The molecule has 0 aromatic carbocycles. The predicted octanol–water partition coefficient (Wildman–Crippen LogP) is 8.04. The second kappa shape index (κ2) is 19.7. The zero-order valence-corrected chi connectivity index (χ0v) is 17.1. The maximum absolute atomic E-state index is 6.47. The molecule has 0 rings (SSSR count). The van der Waals surface area contributed by atoms with Crippen molar-refractivity contribution >= 4 is 20.8 Å². The van der Waals surface area contributed by atoms with E-state index in [4.69, 9.17) is 10.7 Å². The van der Waals surface area contributed by atoms with Crippen molar-refractivity contribution in [3.05, 3.63) is 0 Å². The van der Waals surface area contributed by atoms with Crippen LogP contribution in [0.4, 0.5) is 0 Å². The van der Waals surface area contributed by atoms with E-state index in [2.05, 4.69) is 13.8 Å². The standard InChI is InChI=1S/C20H42ClS/c1-3-5-7-9-11-13-15-17-19-22(21)20-18-16-14-12-10-8-6-4-2/h3-20H2,1-2H3/q+1. The molecule has 0 atom stereocenters. The summed E-state index contributed by atoms with van der Waals surface area (Å²) in [5, 5.41) is 0. The van der Waals surface area contributed by atoms with Gasteiger partial charge in [-0.15, -0.1) is 0 Å². The Bertz CT molecular complexity index is 176. The zero-order valence-electron chi connectivity index (χ0n) is 15.5. The first-order valence-corrected chi connectivity index (χ1v) is 12.5. The number of unbranched alkanes of at least 4 members (excludes halogenated alkanes) is 14. The van der Waals surface area contributed by atoms with Gasteiger partial charge in [0.05, 0.1) is 0 Å². The fourth-order valence-electron chi connectivity index (χ4n) is 2.89. The van der Waals surface area contributed by atoms with Crippen molar-refractivity contribution in [3.8, 4) is 0 Å². The predicted molar refractivity (Wildman–Crippen MR) is 108 cm³/mol. The van der Waals surface area contributed by atoms with Crippen LogP contribution in [0.1, 0.15) is 117 Å². The molecular weight excluding hydrogens is 308 g/mol. The highest BCUT2D eigenvalue weighted by Crippen LogP contribution is 2.15. The number of rotatable bonds is 18. The molecule has 0 aromatic heterocycles. The summed E-state index contributed by atoms with van der Waals surface area (Å²) in [4.78, 5) is 0. The lowest BCUT2D eigenvalue weighted by Gasteiger charge is -2.02. The Morgan fingerprint density at radius 1 is 0.455 bits per heavy atom. The molecule has 0 heterocycles. The summed E-state index contributed by atoms with van der Waals surface area (Å²) in [6.07, 6.45) is 22.6. The smallest absolute Gasteiger partial charge is 0.0654 e. The molecule has 0 N–H and O–H groups in total. The monoisotopic (exact) mass is 349 g/mol. The van der Waals surface area contributed by atoms with Gasteiger partial charge >= 0.3 is 0 Å². The van der Waals surface area contributed by atoms with Crippen molar-refractivity contribution in [1.82, 2.24) is 0 Å². The molecule has 0 radical (unpaired) electrons. The summed E-state index contributed by atoms with van der Waals surface area (Å²) >= 11 is 0. The van der Waals surface area contributed by atoms with Crippen LogP contribution in [0, 0.1) is 0 Å². The van der Waals surface area contributed by atoms with Crippen molar-refractivity contribution in [2.45, 2.75) is 117 Å². The Morgan fingerprint density at radius 2 is 0.727 bits per heavy atom. The fraction of sp³-hybridized carbons (Fsp3) is 1.00. The topological polar surface area (TPSA) is 0 Å². The highest BCUT2D eigenvalue weighted by atomic mass is 35.7. The van der Waals surface area contributed by atoms with E-state index in [1.807, 2.05) is 0 Å². The van der Waals surface area contributed by atoms with Crippen LogP contribution in [-0.2, 0) is 10.1 Å². The largest absolute Gasteiger partial charge is 0.175 e. The lowest BCUT2D eigenvalue weighted by Crippen LogP contribution is -2.04. The molecule has 0 unspecified atom stereocenters. The van der Waals surface area contributed by atoms with Gasteiger partial charge in [0.15, 0.2) is 10.7 Å². The van der Waals surface area contributed by atoms with Crippen LogP contribution in [0.15, 0.2) is 0 Å². The molecule has 0 amide bonds. The molecule has 134 valence electrons. The highest BCUT2D eigenvalue weighted by molar-refractivity contribution is 8.18. The molecule has 0 aliphatic heterocycles. The van der Waals surface area contributed by atoms with Crippen LogP contribution < -0.4 is 0 Å². The number of hydrogen-bond acceptors (Lipinski definition) is 0. The van der Waals surface area contributed by atoms with Crippen LogP contribution in [0.5, 0.6) is 0 Å². The van der Waals surface area contributed by atoms with Crippen LogP contribution in [0.3, 0.4) is 0 Å². The lowest BCUT2D eigenvalue weighted by atomic mass is 10.1. The van der Waals surface area contributed by atoms with Crippen molar-refractivity contribution in [2.24, 2.45) is 0 Å². The Kier molecular flexibility index (Phi) is 20.3. The summed E-state index contributed by atoms with van der Waals surface area (Å²) in [6.45, 7) is 4.57. The van der Waals surface area contributed by atoms with Gasteiger partial charge in [-0.3, -0.25) is 0 Å². The Morgan fingerprint density at radius 3 is 1.05 bits per heavy atom. The Hall–Kier alpha value is 0.640. The minimum absolute atomic E-state index is 0.182. The molecular formula is C20H42ClS+. The molecule has 0 fully saturated rings. The van der Waals surface area contributed by atoms with E-state index in [0.29, 0.717) is 0 Å². The molecule has 0 bridgehead atoms. The third-order valence-electron chi connectivity index (χ3n) is 4.44. The first-order valence-electron chi connectivity index (χ1n) is 10.1. The Labute approximate surface area is 149 Å². The van der Waals surface area contributed by atoms with E-state index in [9.17, 15) is 0 Å². The lowest BCUT2D eigenvalue weighted by molar-refractivity contribution is 0.584. The summed E-state index contributed by atoms with van der Waals surface area (Å²) in [6, 6.07) is 0. The van der Waals surface area contributed by atoms with E-state index in [1.165, 1.54) is 114 Å². The van der Waals surface area contributed by atoms with Crippen LogP contribution in [0.25, 0.3) is 0 Å². The molecule has 0 spiro atoms. The minimum Gasteiger partial charge on any atom is -0.0654 e. The highest BCUT2D eigenvalue weighted by Gasteiger charge is 2.13. The van der Waals surface area contributed by atoms with Crippen molar-refractivity contribution in [1.29, 1.82) is 0 Å². The van der Waals surface area contributed by atoms with Gasteiger partial charge in [0.2, 0.25) is 0 Å². The number of hydrogen-bond donors (Lipinski definition) is 0. The van der Waals surface area contributed by atoms with Crippen molar-refractivity contribution < 1.29 is 0 Å². The van der Waals surface area contributed by atoms with Gasteiger partial charge in [0.25, 0.3) is 0 Å². The molecule has 0 aromatic rings. The van der Waals surface area contributed by atoms with Gasteiger partial charge < -0.3 is 0 Å². The molecule has 0 aliphatic rings. The number of halogens is 1. The first kappa shape index (κ1) is 22.6. The second-order valence-electron chi connectivity index (χ2n) is 6.78. The molecule has 22 heavy (non-hydrogen) atoms. The minimum atomic E-state index is 0.182. The average molecular weight is 350 g/mol. The van der Waals surface area contributed by atoms with E-state index in [1.54, 1.807) is 0 Å². The molecule has 0 saturated heterocycles. The van der Waals surface area contributed by atoms with E-state index >= 15 is 0 Å². The van der Waals surface area contributed by atoms with Gasteiger partial charge in [0.1, 0.15) is 21.6 Å². The SMILES string of the molecule is CCCCCCCCCC[S+](Cl)CCCCCCCCCC. The first-order chi connectivity index (χ1) is 10.8. The average Bonchev–Trinajstić information content (AvgIpc) is 2.52. The second-order valence-corrected chi connectivity index (χ2v) is 9.75. The summed E-state index contributed by atoms with van der Waals surface area (Å²) in [7, 11) is 6.65. The van der Waals surface area contributed by atoms with Crippen LogP contribution in [-0.4, -0.2) is 11.5 Å². The van der Waals surface area contributed by atoms with Gasteiger partial charge in [-0.25, -0.2) is 0 Å². The van der Waals surface area contributed by atoms with E-state index in [-0.39, 0.29) is 10.1 Å². The zero-order chi connectivity index (χ0) is 16.3. The van der Waals surface area contributed by atoms with Crippen molar-refractivity contribution in [2.75, 3.05) is 11.5 Å². The summed E-state index contributed by atoms with van der Waals surface area (Å²) in [5.41, 5.74) is 0. The van der Waals surface area contributed by atoms with Gasteiger partial charge in [-0.05, 0) is 25.7 Å². The van der Waals surface area contributed by atoms with Crippen LogP contribution in [0.2, 0.25) is 0 Å². The quantitative estimate of drug-likeness (QED) is 0.173. The molecule has 0 saturated carbocycles.